The fourth-order valence-corrected chi connectivity index (χ4v) is 2.42. The number of aliphatic hydroxyl groups is 1. The molecule has 3 aromatic rings. The Balaban J connectivity index is 2.19. The van der Waals surface area contributed by atoms with Gasteiger partial charge in [0.25, 0.3) is 0 Å². The van der Waals surface area contributed by atoms with E-state index in [9.17, 15) is 5.11 Å². The molecule has 2 nitrogen and oxygen atoms in total. The Kier molecular flexibility index (Phi) is 3.02. The van der Waals surface area contributed by atoms with Crippen LogP contribution in [0.5, 0.6) is 0 Å². The van der Waals surface area contributed by atoms with Crippen LogP contribution in [0.4, 0.5) is 0 Å². The van der Waals surface area contributed by atoms with Crippen molar-refractivity contribution in [3.63, 3.8) is 0 Å². The molecule has 0 spiro atoms. The number of aliphatic hydroxyl groups excluding tert-OH is 1. The van der Waals surface area contributed by atoms with Crippen molar-refractivity contribution in [3.8, 4) is 11.1 Å². The molecule has 0 fully saturated rings. The second kappa shape index (κ2) is 4.82. The van der Waals surface area contributed by atoms with E-state index >= 15 is 0 Å². The summed E-state index contributed by atoms with van der Waals surface area (Å²) < 4.78 is 0. The molecule has 0 aliphatic carbocycles. The zero-order valence-corrected chi connectivity index (χ0v) is 10.8. The minimum atomic E-state index is 0.0805. The highest BCUT2D eigenvalue weighted by atomic mass is 16.3. The van der Waals surface area contributed by atoms with E-state index in [-0.39, 0.29) is 6.61 Å². The van der Waals surface area contributed by atoms with Gasteiger partial charge >= 0.3 is 0 Å². The molecule has 2 heteroatoms. The van der Waals surface area contributed by atoms with E-state index in [0.29, 0.717) is 0 Å². The summed E-state index contributed by atoms with van der Waals surface area (Å²) in [7, 11) is 0. The molecule has 0 saturated heterocycles. The average molecular weight is 249 g/mol. The zero-order valence-electron chi connectivity index (χ0n) is 10.8. The Morgan fingerprint density at radius 3 is 2.79 bits per heavy atom. The van der Waals surface area contributed by atoms with Crippen LogP contribution in [0.1, 0.15) is 11.1 Å². The van der Waals surface area contributed by atoms with Gasteiger partial charge < -0.3 is 5.11 Å². The van der Waals surface area contributed by atoms with Crippen molar-refractivity contribution in [1.29, 1.82) is 0 Å². The molecule has 1 heterocycles. The number of fused-ring (bicyclic) bond motifs is 1. The largest absolute Gasteiger partial charge is 0.392 e. The maximum Gasteiger partial charge on any atom is 0.0684 e. The Morgan fingerprint density at radius 2 is 1.95 bits per heavy atom. The normalized spacial score (nSPS) is 10.8. The summed E-state index contributed by atoms with van der Waals surface area (Å²) >= 11 is 0. The van der Waals surface area contributed by atoms with E-state index in [0.717, 1.165) is 16.5 Å². The van der Waals surface area contributed by atoms with Crippen molar-refractivity contribution in [3.05, 3.63) is 66.0 Å². The number of pyridine rings is 1. The molecule has 19 heavy (non-hydrogen) atoms. The minimum Gasteiger partial charge on any atom is -0.392 e. The molecule has 0 unspecified atom stereocenters. The lowest BCUT2D eigenvalue weighted by Crippen LogP contribution is -1.91. The van der Waals surface area contributed by atoms with Crippen LogP contribution in [-0.2, 0) is 6.61 Å². The average Bonchev–Trinajstić information content (AvgIpc) is 2.47. The smallest absolute Gasteiger partial charge is 0.0684 e. The topological polar surface area (TPSA) is 33.1 Å². The van der Waals surface area contributed by atoms with Crippen molar-refractivity contribution in [2.75, 3.05) is 0 Å². The van der Waals surface area contributed by atoms with E-state index in [1.54, 1.807) is 0 Å². The molecule has 0 aliphatic heterocycles. The van der Waals surface area contributed by atoms with E-state index < -0.39 is 0 Å². The SMILES string of the molecule is Cc1c(CO)cccc1-c1ccc2cnccc2c1. The summed E-state index contributed by atoms with van der Waals surface area (Å²) in [6, 6.07) is 14.4. The van der Waals surface area contributed by atoms with E-state index in [1.807, 2.05) is 30.6 Å². The summed E-state index contributed by atoms with van der Waals surface area (Å²) in [4.78, 5) is 4.13. The molecule has 1 aromatic heterocycles. The fourth-order valence-electron chi connectivity index (χ4n) is 2.42. The highest BCUT2D eigenvalue weighted by molar-refractivity contribution is 5.87. The molecule has 94 valence electrons. The number of hydrogen-bond donors (Lipinski definition) is 1. The van der Waals surface area contributed by atoms with Crippen LogP contribution < -0.4 is 0 Å². The molecule has 0 atom stereocenters. The van der Waals surface area contributed by atoms with Gasteiger partial charge in [-0.3, -0.25) is 4.98 Å². The maximum absolute atomic E-state index is 9.35. The summed E-state index contributed by atoms with van der Waals surface area (Å²) in [6.45, 7) is 2.13. The predicted octanol–water partition coefficient (Wildman–Crippen LogP) is 3.70. The highest BCUT2D eigenvalue weighted by Gasteiger charge is 2.06. The Hall–Kier alpha value is -2.19. The lowest BCUT2D eigenvalue weighted by molar-refractivity contribution is 0.281. The third-order valence-electron chi connectivity index (χ3n) is 3.57. The molecule has 0 saturated carbocycles. The van der Waals surface area contributed by atoms with Crippen molar-refractivity contribution in [1.82, 2.24) is 4.98 Å². The number of aromatic nitrogens is 1. The number of benzene rings is 2. The molecule has 3 rings (SSSR count). The minimum absolute atomic E-state index is 0.0805. The first-order valence-corrected chi connectivity index (χ1v) is 6.33. The predicted molar refractivity (Wildman–Crippen MR) is 77.8 cm³/mol. The molecular weight excluding hydrogens is 234 g/mol. The molecule has 1 N–H and O–H groups in total. The van der Waals surface area contributed by atoms with Gasteiger partial charge in [-0.1, -0.05) is 30.3 Å². The summed E-state index contributed by atoms with van der Waals surface area (Å²) in [5.74, 6) is 0. The third-order valence-corrected chi connectivity index (χ3v) is 3.57. The molecule has 2 aromatic carbocycles. The maximum atomic E-state index is 9.35. The molecular formula is C17H15NO. The monoisotopic (exact) mass is 249 g/mol. The van der Waals surface area contributed by atoms with Gasteiger partial charge in [0.05, 0.1) is 6.61 Å². The first-order valence-electron chi connectivity index (χ1n) is 6.33. The molecule has 0 amide bonds. The lowest BCUT2D eigenvalue weighted by Gasteiger charge is -2.10. The van der Waals surface area contributed by atoms with Crippen molar-refractivity contribution < 1.29 is 5.11 Å². The first-order chi connectivity index (χ1) is 9.29. The third kappa shape index (κ3) is 2.11. The number of hydrogen-bond acceptors (Lipinski definition) is 2. The number of rotatable bonds is 2. The molecule has 0 aliphatic rings. The summed E-state index contributed by atoms with van der Waals surface area (Å²) in [5.41, 5.74) is 4.46. The van der Waals surface area contributed by atoms with Gasteiger partial charge in [0.2, 0.25) is 0 Å². The first kappa shape index (κ1) is 11.9. The molecule has 0 bridgehead atoms. The van der Waals surface area contributed by atoms with E-state index in [2.05, 4.69) is 36.2 Å². The van der Waals surface area contributed by atoms with Gasteiger partial charge in [-0.15, -0.1) is 0 Å². The van der Waals surface area contributed by atoms with Gasteiger partial charge in [0, 0.05) is 17.8 Å². The summed E-state index contributed by atoms with van der Waals surface area (Å²) in [6.07, 6.45) is 3.68. The Morgan fingerprint density at radius 1 is 1.05 bits per heavy atom. The quantitative estimate of drug-likeness (QED) is 0.751. The van der Waals surface area contributed by atoms with Crippen LogP contribution in [0.3, 0.4) is 0 Å². The van der Waals surface area contributed by atoms with Crippen LogP contribution in [0.25, 0.3) is 21.9 Å². The van der Waals surface area contributed by atoms with Gasteiger partial charge in [0.1, 0.15) is 0 Å². The van der Waals surface area contributed by atoms with Gasteiger partial charge in [-0.05, 0) is 46.7 Å². The highest BCUT2D eigenvalue weighted by Crippen LogP contribution is 2.28. The van der Waals surface area contributed by atoms with Crippen molar-refractivity contribution >= 4 is 10.8 Å². The second-order valence-corrected chi connectivity index (χ2v) is 4.69. The van der Waals surface area contributed by atoms with Gasteiger partial charge in [0.15, 0.2) is 0 Å². The summed E-state index contributed by atoms with van der Waals surface area (Å²) in [5, 5.41) is 11.7. The van der Waals surface area contributed by atoms with Crippen LogP contribution in [-0.4, -0.2) is 10.1 Å². The van der Waals surface area contributed by atoms with E-state index in [1.165, 1.54) is 16.5 Å². The standard InChI is InChI=1S/C17H15NO/c1-12-16(11-19)3-2-4-17(12)14-5-6-15-10-18-8-7-13(15)9-14/h2-10,19H,11H2,1H3. The van der Waals surface area contributed by atoms with Crippen LogP contribution >= 0.6 is 0 Å². The van der Waals surface area contributed by atoms with Gasteiger partial charge in [-0.25, -0.2) is 0 Å². The Labute approximate surface area is 112 Å². The Bertz CT molecular complexity index is 734. The van der Waals surface area contributed by atoms with Crippen molar-refractivity contribution in [2.24, 2.45) is 0 Å². The zero-order chi connectivity index (χ0) is 13.2. The molecule has 0 radical (unpaired) electrons. The van der Waals surface area contributed by atoms with Crippen LogP contribution in [0.15, 0.2) is 54.9 Å². The van der Waals surface area contributed by atoms with Crippen LogP contribution in [0.2, 0.25) is 0 Å². The van der Waals surface area contributed by atoms with Crippen molar-refractivity contribution in [2.45, 2.75) is 13.5 Å². The second-order valence-electron chi connectivity index (χ2n) is 4.69. The lowest BCUT2D eigenvalue weighted by atomic mass is 9.95. The fraction of sp³-hybridized carbons (Fsp3) is 0.118. The van der Waals surface area contributed by atoms with E-state index in [4.69, 9.17) is 0 Å². The van der Waals surface area contributed by atoms with Gasteiger partial charge in [-0.2, -0.15) is 0 Å². The number of nitrogens with zero attached hydrogens (tertiary/aromatic N) is 1. The van der Waals surface area contributed by atoms with Crippen LogP contribution in [0, 0.1) is 6.92 Å².